The Balaban J connectivity index is 0.949. The smallest absolute Gasteiger partial charge is 0.120 e. The summed E-state index contributed by atoms with van der Waals surface area (Å²) in [4.78, 5) is 0. The second kappa shape index (κ2) is 12.0. The van der Waals surface area contributed by atoms with Gasteiger partial charge in [0.1, 0.15) is 11.5 Å². The third-order valence-corrected chi connectivity index (χ3v) is 7.49. The average molecular weight is 527 g/mol. The Morgan fingerprint density at radius 1 is 0.615 bits per heavy atom. The van der Waals surface area contributed by atoms with Crippen LogP contribution in [0.2, 0.25) is 0 Å². The first-order valence-corrected chi connectivity index (χ1v) is 14.3. The van der Waals surface area contributed by atoms with Crippen LogP contribution in [0.4, 0.5) is 0 Å². The van der Waals surface area contributed by atoms with Crippen molar-refractivity contribution in [1.82, 2.24) is 0 Å². The summed E-state index contributed by atoms with van der Waals surface area (Å²) in [5.41, 5.74) is 2.58. The number of hydrogen-bond donors (Lipinski definition) is 0. The summed E-state index contributed by atoms with van der Waals surface area (Å²) in [5.74, 6) is 1.84. The summed E-state index contributed by atoms with van der Waals surface area (Å²) in [5, 5.41) is 4.86. The fourth-order valence-corrected chi connectivity index (χ4v) is 5.20. The topological polar surface area (TPSA) is 52.8 Å². The van der Waals surface area contributed by atoms with E-state index in [9.17, 15) is 0 Å². The third kappa shape index (κ3) is 7.51. The quantitative estimate of drug-likeness (QED) is 0.132. The molecule has 0 aromatic heterocycles. The molecule has 2 aliphatic heterocycles. The summed E-state index contributed by atoms with van der Waals surface area (Å²) in [6.45, 7) is 7.38. The van der Waals surface area contributed by atoms with Gasteiger partial charge in [0, 0.05) is 12.8 Å². The summed E-state index contributed by atoms with van der Waals surface area (Å²) in [6.07, 6.45) is 4.79. The van der Waals surface area contributed by atoms with Crippen LogP contribution in [0.5, 0.6) is 11.5 Å². The van der Waals surface area contributed by atoms with Gasteiger partial charge in [-0.25, -0.2) is 0 Å². The second-order valence-corrected chi connectivity index (χ2v) is 11.0. The molecule has 5 nitrogen and oxygen atoms in total. The van der Waals surface area contributed by atoms with Crippen molar-refractivity contribution in [1.29, 1.82) is 0 Å². The van der Waals surface area contributed by atoms with E-state index in [0.29, 0.717) is 25.4 Å². The molecule has 0 radical (unpaired) electrons. The molecule has 5 heteroatoms. The van der Waals surface area contributed by atoms with Crippen LogP contribution in [-0.2, 0) is 27.1 Å². The molecule has 4 atom stereocenters. The largest absolute Gasteiger partial charge is 0.491 e. The standard InChI is InChI=1S/C34H38O5/c1-23(15-33-21-36-33)38-31-9-7-27-17-25(3-5-29(27)19-31)11-13-35-14-12-26-4-6-30-20-32(10-8-28(30)18-26)39-24(2)16-34-22-37-34/h3-10,17-20,23-24,33-34H,11-16,21-22H2,1-2H3. The molecular weight excluding hydrogens is 488 g/mol. The van der Waals surface area contributed by atoms with Crippen molar-refractivity contribution >= 4 is 21.5 Å². The van der Waals surface area contributed by atoms with Crippen molar-refractivity contribution in [3.8, 4) is 11.5 Å². The van der Waals surface area contributed by atoms with Gasteiger partial charge in [-0.15, -0.1) is 0 Å². The van der Waals surface area contributed by atoms with Gasteiger partial charge < -0.3 is 23.7 Å². The van der Waals surface area contributed by atoms with E-state index in [1.807, 2.05) is 0 Å². The molecule has 0 bridgehead atoms. The maximum absolute atomic E-state index is 6.08. The SMILES string of the molecule is CC(CC1CO1)Oc1ccc2cc(CCOCCc3ccc4cc(OC(C)CC5CO5)ccc4c3)ccc2c1. The summed E-state index contributed by atoms with van der Waals surface area (Å²) in [7, 11) is 0. The first-order valence-electron chi connectivity index (χ1n) is 14.3. The van der Waals surface area contributed by atoms with Crippen LogP contribution in [0, 0.1) is 0 Å². The summed E-state index contributed by atoms with van der Waals surface area (Å²) in [6, 6.07) is 25.9. The molecule has 0 spiro atoms. The van der Waals surface area contributed by atoms with Crippen LogP contribution in [0.15, 0.2) is 72.8 Å². The van der Waals surface area contributed by atoms with Gasteiger partial charge in [-0.05, 0) is 83.6 Å². The van der Waals surface area contributed by atoms with E-state index in [4.69, 9.17) is 23.7 Å². The average Bonchev–Trinajstić information content (AvgIpc) is 3.86. The molecule has 2 fully saturated rings. The maximum Gasteiger partial charge on any atom is 0.120 e. The van der Waals surface area contributed by atoms with Gasteiger partial charge in [0.25, 0.3) is 0 Å². The van der Waals surface area contributed by atoms with Crippen molar-refractivity contribution in [3.63, 3.8) is 0 Å². The molecule has 0 amide bonds. The highest BCUT2D eigenvalue weighted by molar-refractivity contribution is 5.85. The lowest BCUT2D eigenvalue weighted by Crippen LogP contribution is -2.14. The molecule has 4 unspecified atom stereocenters. The Morgan fingerprint density at radius 3 is 1.46 bits per heavy atom. The minimum atomic E-state index is 0.162. The van der Waals surface area contributed by atoms with E-state index in [-0.39, 0.29) is 12.2 Å². The Bertz CT molecular complexity index is 1300. The van der Waals surface area contributed by atoms with E-state index in [1.165, 1.54) is 32.7 Å². The minimum absolute atomic E-state index is 0.162. The van der Waals surface area contributed by atoms with E-state index in [0.717, 1.165) is 50.4 Å². The van der Waals surface area contributed by atoms with Gasteiger partial charge in [-0.3, -0.25) is 0 Å². The normalized spacial score (nSPS) is 19.6. The number of ether oxygens (including phenoxy) is 5. The lowest BCUT2D eigenvalue weighted by molar-refractivity contribution is 0.140. The van der Waals surface area contributed by atoms with Crippen molar-refractivity contribution in [3.05, 3.63) is 83.9 Å². The molecule has 0 aliphatic carbocycles. The van der Waals surface area contributed by atoms with Crippen molar-refractivity contribution < 1.29 is 23.7 Å². The Hall–Kier alpha value is -3.12. The number of epoxide rings is 2. The molecule has 2 saturated heterocycles. The van der Waals surface area contributed by atoms with Gasteiger partial charge in [-0.1, -0.05) is 48.5 Å². The first kappa shape index (κ1) is 26.1. The number of fused-ring (bicyclic) bond motifs is 2. The molecule has 0 saturated carbocycles. The molecule has 6 rings (SSSR count). The monoisotopic (exact) mass is 526 g/mol. The molecule has 39 heavy (non-hydrogen) atoms. The highest BCUT2D eigenvalue weighted by Gasteiger charge is 2.26. The zero-order valence-corrected chi connectivity index (χ0v) is 22.9. The fourth-order valence-electron chi connectivity index (χ4n) is 5.20. The van der Waals surface area contributed by atoms with E-state index >= 15 is 0 Å². The van der Waals surface area contributed by atoms with Crippen LogP contribution < -0.4 is 9.47 Å². The van der Waals surface area contributed by atoms with Crippen molar-refractivity contribution in [2.75, 3.05) is 26.4 Å². The highest BCUT2D eigenvalue weighted by Crippen LogP contribution is 2.27. The molecule has 2 heterocycles. The van der Waals surface area contributed by atoms with Gasteiger partial charge >= 0.3 is 0 Å². The zero-order valence-electron chi connectivity index (χ0n) is 22.9. The maximum atomic E-state index is 6.08. The fraction of sp³-hybridized carbons (Fsp3) is 0.412. The van der Waals surface area contributed by atoms with E-state index in [2.05, 4.69) is 86.6 Å². The highest BCUT2D eigenvalue weighted by atomic mass is 16.6. The molecule has 2 aliphatic rings. The number of benzene rings is 4. The van der Waals surface area contributed by atoms with Gasteiger partial charge in [0.05, 0.1) is 50.8 Å². The lowest BCUT2D eigenvalue weighted by atomic mass is 10.0. The van der Waals surface area contributed by atoms with Crippen molar-refractivity contribution in [2.45, 2.75) is 63.9 Å². The van der Waals surface area contributed by atoms with Crippen LogP contribution >= 0.6 is 0 Å². The second-order valence-electron chi connectivity index (χ2n) is 11.0. The molecule has 4 aromatic rings. The number of rotatable bonds is 14. The minimum Gasteiger partial charge on any atom is -0.491 e. The van der Waals surface area contributed by atoms with Gasteiger partial charge in [-0.2, -0.15) is 0 Å². The van der Waals surface area contributed by atoms with Crippen LogP contribution in [0.3, 0.4) is 0 Å². The molecule has 204 valence electrons. The van der Waals surface area contributed by atoms with E-state index in [1.54, 1.807) is 0 Å². The predicted molar refractivity (Wildman–Crippen MR) is 155 cm³/mol. The van der Waals surface area contributed by atoms with Gasteiger partial charge in [0.15, 0.2) is 0 Å². The van der Waals surface area contributed by atoms with Gasteiger partial charge in [0.2, 0.25) is 0 Å². The van der Waals surface area contributed by atoms with Crippen LogP contribution in [0.25, 0.3) is 21.5 Å². The predicted octanol–water partition coefficient (Wildman–Crippen LogP) is 6.91. The van der Waals surface area contributed by atoms with Crippen LogP contribution in [-0.4, -0.2) is 50.8 Å². The van der Waals surface area contributed by atoms with Crippen LogP contribution in [0.1, 0.15) is 37.8 Å². The third-order valence-electron chi connectivity index (χ3n) is 7.49. The summed E-state index contributed by atoms with van der Waals surface area (Å²) >= 11 is 0. The Labute approximate surface area is 231 Å². The first-order chi connectivity index (χ1) is 19.1. The Morgan fingerprint density at radius 2 is 1.03 bits per heavy atom. The lowest BCUT2D eigenvalue weighted by Gasteiger charge is -2.14. The molecular formula is C34H38O5. The molecule has 4 aromatic carbocycles. The Kier molecular flexibility index (Phi) is 8.00. The molecule has 0 N–H and O–H groups in total. The zero-order chi connectivity index (χ0) is 26.6. The van der Waals surface area contributed by atoms with Crippen molar-refractivity contribution in [2.24, 2.45) is 0 Å². The van der Waals surface area contributed by atoms with E-state index < -0.39 is 0 Å². The summed E-state index contributed by atoms with van der Waals surface area (Å²) < 4.78 is 28.8. The number of hydrogen-bond acceptors (Lipinski definition) is 5.